The fourth-order valence-electron chi connectivity index (χ4n) is 4.61. The van der Waals surface area contributed by atoms with E-state index >= 15 is 0 Å². The van der Waals surface area contributed by atoms with Crippen LogP contribution in [0.5, 0.6) is 5.75 Å². The number of hydrogen-bond acceptors (Lipinski definition) is 6. The number of hydrogen-bond donors (Lipinski definition) is 0. The number of rotatable bonds is 8. The number of anilines is 1. The van der Waals surface area contributed by atoms with E-state index in [-0.39, 0.29) is 35.1 Å². The van der Waals surface area contributed by atoms with E-state index in [0.29, 0.717) is 31.1 Å². The number of halogens is 2. The molecule has 2 fully saturated rings. The van der Waals surface area contributed by atoms with E-state index in [1.807, 2.05) is 24.3 Å². The fraction of sp³-hybridized carbons (Fsp3) is 0.480. The van der Waals surface area contributed by atoms with Crippen LogP contribution in [0.4, 0.5) is 5.69 Å². The van der Waals surface area contributed by atoms with Gasteiger partial charge in [-0.3, -0.25) is 4.79 Å². The summed E-state index contributed by atoms with van der Waals surface area (Å²) in [4.78, 5) is 16.9. The summed E-state index contributed by atoms with van der Waals surface area (Å²) >= 11 is 12.0. The third kappa shape index (κ3) is 6.26. The third-order valence-corrected chi connectivity index (χ3v) is 9.36. The second-order valence-corrected chi connectivity index (χ2v) is 11.6. The Hall–Kier alpha value is -2.04. The molecule has 0 radical (unpaired) electrons. The Morgan fingerprint density at radius 3 is 2.36 bits per heavy atom. The molecule has 1 atom stereocenters. The van der Waals surface area contributed by atoms with E-state index in [0.717, 1.165) is 37.4 Å². The van der Waals surface area contributed by atoms with Gasteiger partial charge in [0, 0.05) is 44.5 Å². The van der Waals surface area contributed by atoms with Gasteiger partial charge in [-0.05, 0) is 55.3 Å². The molecule has 4 rings (SSSR count). The number of benzene rings is 2. The van der Waals surface area contributed by atoms with Gasteiger partial charge in [0.1, 0.15) is 12.4 Å². The fourth-order valence-corrected chi connectivity index (χ4v) is 6.68. The van der Waals surface area contributed by atoms with E-state index in [4.69, 9.17) is 32.7 Å². The van der Waals surface area contributed by atoms with Crippen molar-refractivity contribution < 1.29 is 22.7 Å². The van der Waals surface area contributed by atoms with Gasteiger partial charge in [-0.15, -0.1) is 0 Å². The number of ether oxygens (including phenoxy) is 2. The Bertz CT molecular complexity index is 1150. The molecule has 36 heavy (non-hydrogen) atoms. The Labute approximate surface area is 222 Å². The minimum absolute atomic E-state index is 0.0697. The summed E-state index contributed by atoms with van der Waals surface area (Å²) in [6.45, 7) is 3.17. The summed E-state index contributed by atoms with van der Waals surface area (Å²) in [5, 5.41) is 0.498. The molecule has 2 aliphatic rings. The Balaban J connectivity index is 1.28. The summed E-state index contributed by atoms with van der Waals surface area (Å²) in [5.41, 5.74) is 1.10. The number of amides is 1. The maximum absolute atomic E-state index is 13.3. The van der Waals surface area contributed by atoms with Gasteiger partial charge >= 0.3 is 0 Å². The van der Waals surface area contributed by atoms with E-state index in [2.05, 4.69) is 4.90 Å². The number of methoxy groups -OCH3 is 1. The molecule has 0 aliphatic carbocycles. The molecule has 2 saturated heterocycles. The highest BCUT2D eigenvalue weighted by molar-refractivity contribution is 7.89. The lowest BCUT2D eigenvalue weighted by atomic mass is 10.1. The molecule has 2 aromatic carbocycles. The van der Waals surface area contributed by atoms with E-state index in [1.54, 1.807) is 12.0 Å². The molecule has 0 aromatic heterocycles. The van der Waals surface area contributed by atoms with Gasteiger partial charge in [-0.2, -0.15) is 4.31 Å². The summed E-state index contributed by atoms with van der Waals surface area (Å²) in [7, 11) is -2.12. The highest BCUT2D eigenvalue weighted by Gasteiger charge is 2.34. The quantitative estimate of drug-likeness (QED) is 0.491. The number of piperidine rings is 1. The molecule has 1 amide bonds. The minimum Gasteiger partial charge on any atom is -0.497 e. The van der Waals surface area contributed by atoms with Crippen molar-refractivity contribution in [2.75, 3.05) is 57.9 Å². The van der Waals surface area contributed by atoms with Gasteiger partial charge in [-0.25, -0.2) is 8.42 Å². The van der Waals surface area contributed by atoms with Crippen molar-refractivity contribution >= 4 is 44.8 Å². The van der Waals surface area contributed by atoms with Crippen molar-refractivity contribution in [3.05, 3.63) is 52.5 Å². The number of carbonyl (C=O) groups is 1. The van der Waals surface area contributed by atoms with Crippen molar-refractivity contribution in [2.45, 2.75) is 30.2 Å². The van der Waals surface area contributed by atoms with Crippen LogP contribution in [0.15, 0.2) is 47.4 Å². The van der Waals surface area contributed by atoms with Crippen molar-refractivity contribution in [2.24, 2.45) is 0 Å². The smallest absolute Gasteiger partial charge is 0.248 e. The Kier molecular flexibility index (Phi) is 9.00. The molecular formula is C25H31Cl2N3O5S. The summed E-state index contributed by atoms with van der Waals surface area (Å²) < 4.78 is 39.0. The van der Waals surface area contributed by atoms with Gasteiger partial charge in [-0.1, -0.05) is 29.6 Å². The van der Waals surface area contributed by atoms with Crippen LogP contribution in [-0.2, 0) is 19.6 Å². The molecule has 0 bridgehead atoms. The van der Waals surface area contributed by atoms with Crippen LogP contribution in [-0.4, -0.2) is 82.6 Å². The molecule has 196 valence electrons. The van der Waals surface area contributed by atoms with Crippen LogP contribution in [0, 0.1) is 0 Å². The maximum atomic E-state index is 13.3. The van der Waals surface area contributed by atoms with Gasteiger partial charge in [0.15, 0.2) is 0 Å². The van der Waals surface area contributed by atoms with Crippen molar-refractivity contribution in [3.8, 4) is 5.75 Å². The van der Waals surface area contributed by atoms with Crippen LogP contribution in [0.2, 0.25) is 10.0 Å². The number of piperazine rings is 1. The maximum Gasteiger partial charge on any atom is 0.248 e. The lowest BCUT2D eigenvalue weighted by molar-refractivity contribution is -0.137. The lowest BCUT2D eigenvalue weighted by Crippen LogP contribution is -2.50. The minimum atomic E-state index is -3.76. The Morgan fingerprint density at radius 2 is 1.69 bits per heavy atom. The van der Waals surface area contributed by atoms with Gasteiger partial charge < -0.3 is 19.3 Å². The molecule has 0 saturated carbocycles. The monoisotopic (exact) mass is 555 g/mol. The highest BCUT2D eigenvalue weighted by Crippen LogP contribution is 2.30. The van der Waals surface area contributed by atoms with Crippen LogP contribution in [0.3, 0.4) is 0 Å². The van der Waals surface area contributed by atoms with Gasteiger partial charge in [0.25, 0.3) is 0 Å². The van der Waals surface area contributed by atoms with E-state index in [9.17, 15) is 13.2 Å². The standard InChI is InChI=1S/C25H31Cl2N3O5S/c1-34-21-7-5-19(6-8-21)28-12-14-29(15-13-28)25(31)18-35-17-20-4-2-3-11-30(20)36(32,33)22-9-10-23(26)24(27)16-22/h5-10,16,20H,2-4,11-15,17-18H2,1H3. The zero-order valence-corrected chi connectivity index (χ0v) is 22.6. The first-order valence-corrected chi connectivity index (χ1v) is 14.2. The molecule has 0 spiro atoms. The van der Waals surface area contributed by atoms with E-state index in [1.165, 1.54) is 22.5 Å². The number of sulfonamides is 1. The van der Waals surface area contributed by atoms with Crippen LogP contribution >= 0.6 is 23.2 Å². The third-order valence-electron chi connectivity index (χ3n) is 6.68. The molecule has 0 N–H and O–H groups in total. The van der Waals surface area contributed by atoms with Crippen molar-refractivity contribution in [1.29, 1.82) is 0 Å². The topological polar surface area (TPSA) is 79.4 Å². The first kappa shape index (κ1) is 27.0. The molecule has 2 aromatic rings. The molecule has 11 heteroatoms. The average Bonchev–Trinajstić information content (AvgIpc) is 2.90. The summed E-state index contributed by atoms with van der Waals surface area (Å²) in [5.74, 6) is 0.727. The van der Waals surface area contributed by atoms with Crippen molar-refractivity contribution in [3.63, 3.8) is 0 Å². The second-order valence-electron chi connectivity index (χ2n) is 8.92. The zero-order valence-electron chi connectivity index (χ0n) is 20.2. The molecule has 1 unspecified atom stereocenters. The number of nitrogens with zero attached hydrogens (tertiary/aromatic N) is 3. The SMILES string of the molecule is COc1ccc(N2CCN(C(=O)COCC3CCCCN3S(=O)(=O)c3ccc(Cl)c(Cl)c3)CC2)cc1. The normalized spacial score (nSPS) is 19.4. The van der Waals surface area contributed by atoms with Crippen LogP contribution in [0.1, 0.15) is 19.3 Å². The summed E-state index contributed by atoms with van der Waals surface area (Å²) in [6, 6.07) is 11.9. The van der Waals surface area contributed by atoms with Gasteiger partial charge in [0.2, 0.25) is 15.9 Å². The highest BCUT2D eigenvalue weighted by atomic mass is 35.5. The molecule has 2 heterocycles. The first-order chi connectivity index (χ1) is 17.3. The first-order valence-electron chi connectivity index (χ1n) is 12.0. The average molecular weight is 557 g/mol. The van der Waals surface area contributed by atoms with Crippen LogP contribution in [0.25, 0.3) is 0 Å². The molecular weight excluding hydrogens is 525 g/mol. The van der Waals surface area contributed by atoms with Crippen LogP contribution < -0.4 is 9.64 Å². The van der Waals surface area contributed by atoms with E-state index < -0.39 is 10.0 Å². The van der Waals surface area contributed by atoms with Gasteiger partial charge in [0.05, 0.1) is 28.7 Å². The predicted molar refractivity (Wildman–Crippen MR) is 141 cm³/mol. The second kappa shape index (κ2) is 12.0. The molecule has 2 aliphatic heterocycles. The summed E-state index contributed by atoms with van der Waals surface area (Å²) in [6.07, 6.45) is 2.35. The largest absolute Gasteiger partial charge is 0.497 e. The predicted octanol–water partition coefficient (Wildman–Crippen LogP) is 3.91. The van der Waals surface area contributed by atoms with Crippen molar-refractivity contribution in [1.82, 2.24) is 9.21 Å². The lowest BCUT2D eigenvalue weighted by Gasteiger charge is -2.36. The molecule has 8 nitrogen and oxygen atoms in total. The number of carbonyl (C=O) groups excluding carboxylic acids is 1. The Morgan fingerprint density at radius 1 is 0.972 bits per heavy atom. The zero-order chi connectivity index (χ0) is 25.7.